The first-order valence-electron chi connectivity index (χ1n) is 3.47. The van der Waals surface area contributed by atoms with Gasteiger partial charge < -0.3 is 4.52 Å². The van der Waals surface area contributed by atoms with E-state index in [1.165, 1.54) is 11.1 Å². The zero-order valence-corrected chi connectivity index (χ0v) is 6.18. The van der Waals surface area contributed by atoms with E-state index in [1.807, 2.05) is 30.3 Å². The molecule has 1 aromatic heterocycles. The molecule has 0 spiro atoms. The third kappa shape index (κ3) is 1.14. The SMILES string of the molecule is O=c1ncn(-c2ccccc2)o1. The predicted molar refractivity (Wildman–Crippen MR) is 42.1 cm³/mol. The van der Waals surface area contributed by atoms with Crippen LogP contribution < -0.4 is 5.76 Å². The summed E-state index contributed by atoms with van der Waals surface area (Å²) in [7, 11) is 0. The molecule has 0 radical (unpaired) electrons. The Labute approximate surface area is 68.0 Å². The molecule has 0 fully saturated rings. The highest BCUT2D eigenvalue weighted by molar-refractivity contribution is 5.28. The average molecular weight is 162 g/mol. The molecule has 0 aliphatic rings. The van der Waals surface area contributed by atoms with Crippen LogP contribution in [0.5, 0.6) is 0 Å². The molecule has 0 saturated carbocycles. The maximum Gasteiger partial charge on any atom is 0.459 e. The van der Waals surface area contributed by atoms with Gasteiger partial charge in [0.1, 0.15) is 6.33 Å². The van der Waals surface area contributed by atoms with Gasteiger partial charge in [-0.25, -0.2) is 4.79 Å². The molecule has 1 heterocycles. The van der Waals surface area contributed by atoms with Gasteiger partial charge in [0.05, 0.1) is 5.69 Å². The lowest BCUT2D eigenvalue weighted by Crippen LogP contribution is -1.95. The quantitative estimate of drug-likeness (QED) is 0.623. The Morgan fingerprint density at radius 1 is 1.25 bits per heavy atom. The van der Waals surface area contributed by atoms with Gasteiger partial charge in [0, 0.05) is 0 Å². The van der Waals surface area contributed by atoms with Gasteiger partial charge in [0.25, 0.3) is 0 Å². The topological polar surface area (TPSA) is 48.0 Å². The third-order valence-corrected chi connectivity index (χ3v) is 1.46. The zero-order valence-electron chi connectivity index (χ0n) is 6.18. The van der Waals surface area contributed by atoms with Crippen LogP contribution in [0.3, 0.4) is 0 Å². The minimum atomic E-state index is -0.584. The van der Waals surface area contributed by atoms with Crippen molar-refractivity contribution >= 4 is 0 Å². The van der Waals surface area contributed by atoms with E-state index >= 15 is 0 Å². The first kappa shape index (κ1) is 6.84. The summed E-state index contributed by atoms with van der Waals surface area (Å²) in [6.07, 6.45) is 1.34. The molecule has 0 bridgehead atoms. The van der Waals surface area contributed by atoms with Crippen molar-refractivity contribution in [2.45, 2.75) is 0 Å². The van der Waals surface area contributed by atoms with Crippen molar-refractivity contribution in [3.05, 3.63) is 47.2 Å². The number of rotatable bonds is 1. The molecule has 2 rings (SSSR count). The molecule has 2 aromatic rings. The Kier molecular flexibility index (Phi) is 1.51. The van der Waals surface area contributed by atoms with Crippen LogP contribution in [0.4, 0.5) is 0 Å². The maximum absolute atomic E-state index is 10.6. The van der Waals surface area contributed by atoms with Gasteiger partial charge in [-0.2, -0.15) is 9.72 Å². The second-order valence-corrected chi connectivity index (χ2v) is 2.26. The Hall–Kier alpha value is -1.84. The fourth-order valence-corrected chi connectivity index (χ4v) is 0.925. The van der Waals surface area contributed by atoms with Crippen molar-refractivity contribution < 1.29 is 4.52 Å². The Bertz CT molecular complexity index is 416. The van der Waals surface area contributed by atoms with Crippen LogP contribution in [0.2, 0.25) is 0 Å². The molecule has 12 heavy (non-hydrogen) atoms. The van der Waals surface area contributed by atoms with Gasteiger partial charge in [-0.1, -0.05) is 18.2 Å². The Balaban J connectivity index is 2.51. The minimum absolute atomic E-state index is 0.584. The van der Waals surface area contributed by atoms with Gasteiger partial charge in [-0.3, -0.25) is 0 Å². The van der Waals surface area contributed by atoms with Crippen molar-refractivity contribution in [2.24, 2.45) is 0 Å². The summed E-state index contributed by atoms with van der Waals surface area (Å²) >= 11 is 0. The number of para-hydroxylation sites is 1. The van der Waals surface area contributed by atoms with Crippen LogP contribution in [-0.2, 0) is 0 Å². The normalized spacial score (nSPS) is 10.0. The van der Waals surface area contributed by atoms with Gasteiger partial charge >= 0.3 is 5.76 Å². The van der Waals surface area contributed by atoms with E-state index in [4.69, 9.17) is 4.52 Å². The molecule has 0 aliphatic carbocycles. The highest BCUT2D eigenvalue weighted by Crippen LogP contribution is 2.02. The molecule has 0 amide bonds. The number of aromatic nitrogens is 2. The van der Waals surface area contributed by atoms with Gasteiger partial charge in [0.15, 0.2) is 0 Å². The summed E-state index contributed by atoms with van der Waals surface area (Å²) in [6.45, 7) is 0. The third-order valence-electron chi connectivity index (χ3n) is 1.46. The predicted octanol–water partition coefficient (Wildman–Crippen LogP) is 0.826. The summed E-state index contributed by atoms with van der Waals surface area (Å²) in [5.41, 5.74) is 0.784. The van der Waals surface area contributed by atoms with Crippen molar-refractivity contribution in [2.75, 3.05) is 0 Å². The lowest BCUT2D eigenvalue weighted by atomic mass is 10.3. The Morgan fingerprint density at radius 3 is 2.58 bits per heavy atom. The Morgan fingerprint density at radius 2 is 2.00 bits per heavy atom. The number of nitrogens with zero attached hydrogens (tertiary/aromatic N) is 2. The molecule has 0 N–H and O–H groups in total. The van der Waals surface area contributed by atoms with Crippen LogP contribution in [-0.4, -0.2) is 9.72 Å². The molecule has 4 nitrogen and oxygen atoms in total. The first-order valence-corrected chi connectivity index (χ1v) is 3.47. The second-order valence-electron chi connectivity index (χ2n) is 2.26. The first-order chi connectivity index (χ1) is 5.86. The highest BCUT2D eigenvalue weighted by Gasteiger charge is 1.96. The number of hydrogen-bond donors (Lipinski definition) is 0. The molecule has 0 aliphatic heterocycles. The maximum atomic E-state index is 10.6. The number of benzene rings is 1. The van der Waals surface area contributed by atoms with Crippen LogP contribution in [0, 0.1) is 0 Å². The summed E-state index contributed by atoms with van der Waals surface area (Å²) in [6, 6.07) is 9.25. The standard InChI is InChI=1S/C8H6N2O2/c11-8-9-6-10(12-8)7-4-2-1-3-5-7/h1-6H. The van der Waals surface area contributed by atoms with Crippen LogP contribution in [0.25, 0.3) is 5.69 Å². The second kappa shape index (κ2) is 2.65. The van der Waals surface area contributed by atoms with E-state index in [-0.39, 0.29) is 0 Å². The van der Waals surface area contributed by atoms with Crippen molar-refractivity contribution in [1.29, 1.82) is 0 Å². The van der Waals surface area contributed by atoms with E-state index in [1.54, 1.807) is 0 Å². The largest absolute Gasteiger partial charge is 0.459 e. The molecule has 0 unspecified atom stereocenters. The average Bonchev–Trinajstić information content (AvgIpc) is 2.54. The van der Waals surface area contributed by atoms with E-state index in [2.05, 4.69) is 4.98 Å². The highest BCUT2D eigenvalue weighted by atomic mass is 16.5. The summed E-state index contributed by atoms with van der Waals surface area (Å²) in [5.74, 6) is -0.584. The van der Waals surface area contributed by atoms with Crippen LogP contribution in [0.1, 0.15) is 0 Å². The van der Waals surface area contributed by atoms with Crippen LogP contribution >= 0.6 is 0 Å². The molecule has 1 aromatic carbocycles. The lowest BCUT2D eigenvalue weighted by Gasteiger charge is -1.95. The van der Waals surface area contributed by atoms with Crippen molar-refractivity contribution in [3.63, 3.8) is 0 Å². The number of hydrogen-bond acceptors (Lipinski definition) is 3. The van der Waals surface area contributed by atoms with E-state index in [9.17, 15) is 4.79 Å². The molecule has 0 saturated heterocycles. The van der Waals surface area contributed by atoms with Gasteiger partial charge in [-0.15, -0.1) is 0 Å². The minimum Gasteiger partial charge on any atom is -0.314 e. The van der Waals surface area contributed by atoms with E-state index in [0.29, 0.717) is 0 Å². The smallest absolute Gasteiger partial charge is 0.314 e. The zero-order chi connectivity index (χ0) is 8.39. The monoisotopic (exact) mass is 162 g/mol. The molecular formula is C8H6N2O2. The van der Waals surface area contributed by atoms with E-state index in [0.717, 1.165) is 5.69 Å². The van der Waals surface area contributed by atoms with Crippen molar-refractivity contribution in [1.82, 2.24) is 9.72 Å². The fourth-order valence-electron chi connectivity index (χ4n) is 0.925. The molecule has 60 valence electrons. The molecule has 0 atom stereocenters. The molecule has 4 heteroatoms. The molecular weight excluding hydrogens is 156 g/mol. The summed E-state index contributed by atoms with van der Waals surface area (Å²) < 4.78 is 6.04. The van der Waals surface area contributed by atoms with Gasteiger partial charge in [0.2, 0.25) is 0 Å². The van der Waals surface area contributed by atoms with E-state index < -0.39 is 5.76 Å². The summed E-state index contributed by atoms with van der Waals surface area (Å²) in [5, 5.41) is 0. The summed E-state index contributed by atoms with van der Waals surface area (Å²) in [4.78, 5) is 14.0. The van der Waals surface area contributed by atoms with Crippen molar-refractivity contribution in [3.8, 4) is 5.69 Å². The van der Waals surface area contributed by atoms with Gasteiger partial charge in [-0.05, 0) is 12.1 Å². The lowest BCUT2D eigenvalue weighted by molar-refractivity contribution is 0.320. The van der Waals surface area contributed by atoms with Crippen LogP contribution in [0.15, 0.2) is 46.0 Å². The fraction of sp³-hybridized carbons (Fsp3) is 0.